The third kappa shape index (κ3) is 8.23. The Kier molecular flexibility index (Phi) is 10.9. The lowest BCUT2D eigenvalue weighted by atomic mass is 10.1. The maximum atomic E-state index is 11.7. The molecule has 8 heteroatoms. The molecule has 1 aliphatic rings. The van der Waals surface area contributed by atoms with Crippen molar-refractivity contribution >= 4 is 41.7 Å². The molecule has 0 atom stereocenters. The van der Waals surface area contributed by atoms with E-state index < -0.39 is 0 Å². The van der Waals surface area contributed by atoms with Crippen LogP contribution in [0.15, 0.2) is 35.3 Å². The molecule has 1 heterocycles. The first-order chi connectivity index (χ1) is 12.6. The van der Waals surface area contributed by atoms with Gasteiger partial charge in [-0.3, -0.25) is 4.99 Å². The summed E-state index contributed by atoms with van der Waals surface area (Å²) in [7, 11) is 2.08. The fraction of sp³-hybridized carbons (Fsp3) is 0.579. The van der Waals surface area contributed by atoms with Gasteiger partial charge in [0, 0.05) is 45.0 Å². The Hall–Kier alpha value is -1.71. The molecule has 0 spiro atoms. The van der Waals surface area contributed by atoms with E-state index >= 15 is 0 Å². The Balaban J connectivity index is 0.00000364. The summed E-state index contributed by atoms with van der Waals surface area (Å²) < 4.78 is 5.03. The first kappa shape index (κ1) is 23.3. The van der Waals surface area contributed by atoms with E-state index in [2.05, 4.69) is 34.4 Å². The molecule has 1 aromatic carbocycles. The fourth-order valence-electron chi connectivity index (χ4n) is 2.99. The minimum atomic E-state index is -0.227. The monoisotopic (exact) mass is 489 g/mol. The van der Waals surface area contributed by atoms with E-state index in [4.69, 9.17) is 10.5 Å². The van der Waals surface area contributed by atoms with Gasteiger partial charge in [0.25, 0.3) is 0 Å². The van der Waals surface area contributed by atoms with Crippen molar-refractivity contribution in [2.24, 2.45) is 10.7 Å². The maximum Gasteiger partial charge on any atom is 0.409 e. The molecule has 7 nitrogen and oxygen atoms in total. The number of aliphatic imine (C=N–C) groups is 1. The summed E-state index contributed by atoms with van der Waals surface area (Å²) in [5.74, 6) is 0.488. The third-order valence-electron chi connectivity index (χ3n) is 4.50. The largest absolute Gasteiger partial charge is 0.450 e. The highest BCUT2D eigenvalue weighted by atomic mass is 127. The number of nitrogens with zero attached hydrogens (tertiary/aromatic N) is 3. The first-order valence-corrected chi connectivity index (χ1v) is 9.34. The number of rotatable bonds is 7. The van der Waals surface area contributed by atoms with Crippen LogP contribution in [-0.2, 0) is 4.74 Å². The van der Waals surface area contributed by atoms with Gasteiger partial charge >= 0.3 is 6.09 Å². The molecule has 152 valence electrons. The van der Waals surface area contributed by atoms with Gasteiger partial charge < -0.3 is 25.6 Å². The number of anilines is 1. The number of para-hydroxylation sites is 1. The number of amides is 1. The number of halogens is 1. The average molecular weight is 489 g/mol. The second-order valence-electron chi connectivity index (χ2n) is 6.48. The summed E-state index contributed by atoms with van der Waals surface area (Å²) in [6, 6.07) is 10.6. The van der Waals surface area contributed by atoms with Crippen molar-refractivity contribution in [1.82, 2.24) is 10.2 Å². The van der Waals surface area contributed by atoms with Gasteiger partial charge in [0.05, 0.1) is 6.61 Å². The lowest BCUT2D eigenvalue weighted by Gasteiger charge is -2.31. The fourth-order valence-corrected chi connectivity index (χ4v) is 2.99. The van der Waals surface area contributed by atoms with Crippen LogP contribution in [0.4, 0.5) is 10.5 Å². The molecule has 1 fully saturated rings. The van der Waals surface area contributed by atoms with Crippen LogP contribution < -0.4 is 16.0 Å². The molecule has 0 bridgehead atoms. The van der Waals surface area contributed by atoms with Gasteiger partial charge in [0.2, 0.25) is 0 Å². The zero-order chi connectivity index (χ0) is 18.8. The van der Waals surface area contributed by atoms with E-state index in [1.165, 1.54) is 5.69 Å². The molecule has 1 saturated heterocycles. The van der Waals surface area contributed by atoms with Crippen molar-refractivity contribution in [3.05, 3.63) is 30.3 Å². The van der Waals surface area contributed by atoms with Crippen LogP contribution in [0, 0.1) is 0 Å². The Bertz CT molecular complexity index is 577. The van der Waals surface area contributed by atoms with E-state index in [0.717, 1.165) is 25.8 Å². The highest BCUT2D eigenvalue weighted by molar-refractivity contribution is 14.0. The second-order valence-corrected chi connectivity index (χ2v) is 6.48. The summed E-state index contributed by atoms with van der Waals surface area (Å²) in [6.45, 7) is 5.23. The zero-order valence-corrected chi connectivity index (χ0v) is 18.6. The van der Waals surface area contributed by atoms with E-state index in [1.54, 1.807) is 4.90 Å². The third-order valence-corrected chi connectivity index (χ3v) is 4.50. The molecule has 1 aliphatic heterocycles. The number of likely N-dealkylation sites (tertiary alicyclic amines) is 1. The SMILES string of the molecule is CCOC(=O)N1CCC(NC(N)=NCCCN(C)c2ccccc2)CC1.I. The van der Waals surface area contributed by atoms with E-state index in [9.17, 15) is 4.79 Å². The van der Waals surface area contributed by atoms with Gasteiger partial charge in [0.1, 0.15) is 0 Å². The highest BCUT2D eigenvalue weighted by Crippen LogP contribution is 2.12. The minimum absolute atomic E-state index is 0. The number of guanidine groups is 1. The summed E-state index contributed by atoms with van der Waals surface area (Å²) in [5, 5.41) is 3.27. The van der Waals surface area contributed by atoms with Crippen LogP contribution in [0.5, 0.6) is 0 Å². The smallest absolute Gasteiger partial charge is 0.409 e. The van der Waals surface area contributed by atoms with Crippen LogP contribution in [0.1, 0.15) is 26.2 Å². The summed E-state index contributed by atoms with van der Waals surface area (Å²) in [6.07, 6.45) is 2.42. The van der Waals surface area contributed by atoms with Crippen molar-refractivity contribution in [2.75, 3.05) is 44.7 Å². The molecule has 3 N–H and O–H groups in total. The van der Waals surface area contributed by atoms with Gasteiger partial charge in [-0.15, -0.1) is 24.0 Å². The molecule has 0 aliphatic carbocycles. The van der Waals surface area contributed by atoms with Gasteiger partial charge in [-0.05, 0) is 38.3 Å². The van der Waals surface area contributed by atoms with Crippen LogP contribution >= 0.6 is 24.0 Å². The van der Waals surface area contributed by atoms with Crippen LogP contribution in [0.3, 0.4) is 0 Å². The maximum absolute atomic E-state index is 11.7. The van der Waals surface area contributed by atoms with Gasteiger partial charge in [-0.1, -0.05) is 18.2 Å². The lowest BCUT2D eigenvalue weighted by Crippen LogP contribution is -2.48. The van der Waals surface area contributed by atoms with Gasteiger partial charge in [0.15, 0.2) is 5.96 Å². The Labute approximate surface area is 179 Å². The lowest BCUT2D eigenvalue weighted by molar-refractivity contribution is 0.0963. The molecule has 0 radical (unpaired) electrons. The molecule has 1 amide bonds. The number of nitrogens with two attached hydrogens (primary N) is 1. The standard InChI is InChI=1S/C19H31N5O2.HI/c1-3-26-19(25)24-14-10-16(11-15-24)22-18(20)21-12-7-13-23(2)17-8-5-4-6-9-17;/h4-6,8-9,16H,3,7,10-15H2,1-2H3,(H3,20,21,22);1H. The van der Waals surface area contributed by atoms with Gasteiger partial charge in [-0.2, -0.15) is 0 Å². The van der Waals surface area contributed by atoms with Crippen molar-refractivity contribution in [3.8, 4) is 0 Å². The number of ether oxygens (including phenoxy) is 1. The molecule has 27 heavy (non-hydrogen) atoms. The number of carbonyl (C=O) groups excluding carboxylic acids is 1. The highest BCUT2D eigenvalue weighted by Gasteiger charge is 2.23. The molecule has 0 unspecified atom stereocenters. The van der Waals surface area contributed by atoms with Gasteiger partial charge in [-0.25, -0.2) is 4.79 Å². The van der Waals surface area contributed by atoms with Crippen molar-refractivity contribution < 1.29 is 9.53 Å². The first-order valence-electron chi connectivity index (χ1n) is 9.34. The van der Waals surface area contributed by atoms with Crippen LogP contribution in [0.2, 0.25) is 0 Å². The Morgan fingerprint density at radius 3 is 2.63 bits per heavy atom. The predicted molar refractivity (Wildman–Crippen MR) is 121 cm³/mol. The molecule has 2 rings (SSSR count). The number of piperidine rings is 1. The zero-order valence-electron chi connectivity index (χ0n) is 16.3. The van der Waals surface area contributed by atoms with Crippen molar-refractivity contribution in [2.45, 2.75) is 32.2 Å². The van der Waals surface area contributed by atoms with Crippen molar-refractivity contribution in [1.29, 1.82) is 0 Å². The number of hydrogen-bond donors (Lipinski definition) is 2. The molecule has 0 saturated carbocycles. The Morgan fingerprint density at radius 2 is 2.00 bits per heavy atom. The summed E-state index contributed by atoms with van der Waals surface area (Å²) >= 11 is 0. The van der Waals surface area contributed by atoms with E-state index in [-0.39, 0.29) is 36.1 Å². The van der Waals surface area contributed by atoms with E-state index in [0.29, 0.717) is 32.2 Å². The van der Waals surface area contributed by atoms with Crippen LogP contribution in [-0.4, -0.2) is 62.8 Å². The minimum Gasteiger partial charge on any atom is -0.450 e. The quantitative estimate of drug-likeness (QED) is 0.266. The topological polar surface area (TPSA) is 83.2 Å². The number of hydrogen-bond acceptors (Lipinski definition) is 4. The summed E-state index contributed by atoms with van der Waals surface area (Å²) in [4.78, 5) is 20.1. The van der Waals surface area contributed by atoms with Crippen LogP contribution in [0.25, 0.3) is 0 Å². The summed E-state index contributed by atoms with van der Waals surface area (Å²) in [5.41, 5.74) is 7.20. The average Bonchev–Trinajstić information content (AvgIpc) is 2.66. The Morgan fingerprint density at radius 1 is 1.33 bits per heavy atom. The van der Waals surface area contributed by atoms with Crippen molar-refractivity contribution in [3.63, 3.8) is 0 Å². The predicted octanol–water partition coefficient (Wildman–Crippen LogP) is 2.66. The molecule has 1 aromatic rings. The number of carbonyl (C=O) groups is 1. The number of benzene rings is 1. The molecular formula is C19H32IN5O2. The van der Waals surface area contributed by atoms with E-state index in [1.807, 2.05) is 25.1 Å². The molecular weight excluding hydrogens is 457 g/mol. The second kappa shape index (κ2) is 12.6. The number of nitrogens with one attached hydrogen (secondary N) is 1. The normalized spacial score (nSPS) is 15.0. The molecule has 0 aromatic heterocycles.